The number of thiophene rings is 1. The van der Waals surface area contributed by atoms with Crippen molar-refractivity contribution >= 4 is 43.3 Å². The first-order valence-corrected chi connectivity index (χ1v) is 8.21. The molecule has 0 atom stereocenters. The van der Waals surface area contributed by atoms with Gasteiger partial charge in [-0.1, -0.05) is 28.1 Å². The Kier molecular flexibility index (Phi) is 4.19. The molecule has 0 aliphatic carbocycles. The first-order valence-electron chi connectivity index (χ1n) is 6.54. The van der Waals surface area contributed by atoms with Crippen LogP contribution in [0.2, 0.25) is 0 Å². The molecule has 0 bridgehead atoms. The SMILES string of the molecule is CN(Cc1cccc(Br)c1)Cc1nc(N)c2ccsc2n1. The van der Waals surface area contributed by atoms with Gasteiger partial charge in [-0.25, -0.2) is 9.97 Å². The van der Waals surface area contributed by atoms with E-state index in [0.29, 0.717) is 12.4 Å². The number of aromatic nitrogens is 2. The largest absolute Gasteiger partial charge is 0.383 e. The zero-order valence-electron chi connectivity index (χ0n) is 11.6. The van der Waals surface area contributed by atoms with Crippen molar-refractivity contribution in [1.29, 1.82) is 0 Å². The molecule has 3 aromatic rings. The van der Waals surface area contributed by atoms with Crippen LogP contribution in [0, 0.1) is 0 Å². The van der Waals surface area contributed by atoms with Gasteiger partial charge in [-0.15, -0.1) is 11.3 Å². The smallest absolute Gasteiger partial charge is 0.146 e. The lowest BCUT2D eigenvalue weighted by molar-refractivity contribution is 0.311. The topological polar surface area (TPSA) is 55.0 Å². The normalized spacial score (nSPS) is 11.4. The number of anilines is 1. The molecule has 0 spiro atoms. The van der Waals surface area contributed by atoms with Crippen molar-refractivity contribution in [3.8, 4) is 0 Å². The summed E-state index contributed by atoms with van der Waals surface area (Å²) in [5, 5.41) is 2.93. The summed E-state index contributed by atoms with van der Waals surface area (Å²) in [6.07, 6.45) is 0. The van der Waals surface area contributed by atoms with Crippen LogP contribution in [0.5, 0.6) is 0 Å². The van der Waals surface area contributed by atoms with Gasteiger partial charge in [0.2, 0.25) is 0 Å². The lowest BCUT2D eigenvalue weighted by Gasteiger charge is -2.16. The Morgan fingerprint density at radius 3 is 2.90 bits per heavy atom. The van der Waals surface area contributed by atoms with Gasteiger partial charge in [-0.2, -0.15) is 0 Å². The molecule has 2 N–H and O–H groups in total. The molecule has 0 radical (unpaired) electrons. The predicted octanol–water partition coefficient (Wildman–Crippen LogP) is 3.67. The Labute approximate surface area is 135 Å². The van der Waals surface area contributed by atoms with Gasteiger partial charge in [0, 0.05) is 11.0 Å². The highest BCUT2D eigenvalue weighted by atomic mass is 79.9. The van der Waals surface area contributed by atoms with Crippen LogP contribution in [0.3, 0.4) is 0 Å². The minimum Gasteiger partial charge on any atom is -0.383 e. The second kappa shape index (κ2) is 6.09. The predicted molar refractivity (Wildman–Crippen MR) is 91.1 cm³/mol. The maximum absolute atomic E-state index is 5.98. The van der Waals surface area contributed by atoms with Gasteiger partial charge in [0.15, 0.2) is 0 Å². The molecule has 108 valence electrons. The van der Waals surface area contributed by atoms with E-state index < -0.39 is 0 Å². The molecular weight excluding hydrogens is 348 g/mol. The highest BCUT2D eigenvalue weighted by molar-refractivity contribution is 9.10. The molecule has 6 heteroatoms. The number of halogens is 1. The van der Waals surface area contributed by atoms with E-state index in [9.17, 15) is 0 Å². The molecule has 0 aliphatic heterocycles. The molecule has 0 saturated carbocycles. The molecule has 0 amide bonds. The second-order valence-electron chi connectivity index (χ2n) is 4.97. The summed E-state index contributed by atoms with van der Waals surface area (Å²) in [6, 6.07) is 10.3. The molecule has 3 rings (SSSR count). The number of benzene rings is 1. The van der Waals surface area contributed by atoms with Crippen LogP contribution in [0.25, 0.3) is 10.2 Å². The number of rotatable bonds is 4. The standard InChI is InChI=1S/C15H15BrN4S/c1-20(8-10-3-2-4-11(16)7-10)9-13-18-14(17)12-5-6-21-15(12)19-13/h2-7H,8-9H2,1H3,(H2,17,18,19). The summed E-state index contributed by atoms with van der Waals surface area (Å²) < 4.78 is 1.09. The third-order valence-corrected chi connectivity index (χ3v) is 4.45. The van der Waals surface area contributed by atoms with E-state index in [-0.39, 0.29) is 0 Å². The minimum absolute atomic E-state index is 0.562. The third kappa shape index (κ3) is 3.40. The Hall–Kier alpha value is -1.50. The van der Waals surface area contributed by atoms with Crippen molar-refractivity contribution in [1.82, 2.24) is 14.9 Å². The number of hydrogen-bond donors (Lipinski definition) is 1. The van der Waals surface area contributed by atoms with E-state index in [2.05, 4.69) is 50.0 Å². The van der Waals surface area contributed by atoms with Gasteiger partial charge in [0.25, 0.3) is 0 Å². The quantitative estimate of drug-likeness (QED) is 0.769. The maximum Gasteiger partial charge on any atom is 0.146 e. The zero-order valence-corrected chi connectivity index (χ0v) is 14.0. The Bertz CT molecular complexity index is 771. The van der Waals surface area contributed by atoms with Crippen molar-refractivity contribution in [2.45, 2.75) is 13.1 Å². The summed E-state index contributed by atoms with van der Waals surface area (Å²) in [5.74, 6) is 1.33. The van der Waals surface area contributed by atoms with E-state index in [1.165, 1.54) is 5.56 Å². The highest BCUT2D eigenvalue weighted by Gasteiger charge is 2.09. The summed E-state index contributed by atoms with van der Waals surface area (Å²) in [5.41, 5.74) is 7.23. The van der Waals surface area contributed by atoms with Gasteiger partial charge < -0.3 is 5.73 Å². The molecule has 2 heterocycles. The van der Waals surface area contributed by atoms with E-state index in [0.717, 1.165) is 27.1 Å². The van der Waals surface area contributed by atoms with E-state index in [1.54, 1.807) is 11.3 Å². The van der Waals surface area contributed by atoms with Crippen LogP contribution in [0.15, 0.2) is 40.2 Å². The van der Waals surface area contributed by atoms with Gasteiger partial charge in [0.05, 0.1) is 11.9 Å². The van der Waals surface area contributed by atoms with Gasteiger partial charge in [0.1, 0.15) is 16.5 Å². The Morgan fingerprint density at radius 2 is 2.10 bits per heavy atom. The van der Waals surface area contributed by atoms with E-state index >= 15 is 0 Å². The lowest BCUT2D eigenvalue weighted by atomic mass is 10.2. The molecule has 0 fully saturated rings. The first-order chi connectivity index (χ1) is 10.1. The molecule has 1 aromatic carbocycles. The molecule has 4 nitrogen and oxygen atoms in total. The second-order valence-corrected chi connectivity index (χ2v) is 6.78. The average molecular weight is 363 g/mol. The molecule has 0 unspecified atom stereocenters. The monoisotopic (exact) mass is 362 g/mol. The molecule has 21 heavy (non-hydrogen) atoms. The Morgan fingerprint density at radius 1 is 1.24 bits per heavy atom. The summed E-state index contributed by atoms with van der Waals surface area (Å²) in [7, 11) is 2.05. The van der Waals surface area contributed by atoms with Gasteiger partial charge >= 0.3 is 0 Å². The summed E-state index contributed by atoms with van der Waals surface area (Å²) in [4.78, 5) is 12.1. The average Bonchev–Trinajstić information content (AvgIpc) is 2.87. The van der Waals surface area contributed by atoms with Crippen molar-refractivity contribution in [3.63, 3.8) is 0 Å². The van der Waals surface area contributed by atoms with Crippen molar-refractivity contribution < 1.29 is 0 Å². The van der Waals surface area contributed by atoms with E-state index in [1.807, 2.05) is 23.6 Å². The van der Waals surface area contributed by atoms with Crippen LogP contribution in [-0.2, 0) is 13.1 Å². The lowest BCUT2D eigenvalue weighted by Crippen LogP contribution is -2.19. The number of nitrogens with zero attached hydrogens (tertiary/aromatic N) is 3. The summed E-state index contributed by atoms with van der Waals surface area (Å²) >= 11 is 5.09. The van der Waals surface area contributed by atoms with Crippen LogP contribution in [0.4, 0.5) is 5.82 Å². The molecule has 0 saturated heterocycles. The fraction of sp³-hybridized carbons (Fsp3) is 0.200. The van der Waals surface area contributed by atoms with Gasteiger partial charge in [-0.05, 0) is 36.2 Å². The maximum atomic E-state index is 5.98. The Balaban J connectivity index is 1.75. The van der Waals surface area contributed by atoms with Gasteiger partial charge in [-0.3, -0.25) is 4.90 Å². The van der Waals surface area contributed by atoms with E-state index in [4.69, 9.17) is 5.73 Å². The van der Waals surface area contributed by atoms with Crippen molar-refractivity contribution in [2.24, 2.45) is 0 Å². The zero-order chi connectivity index (χ0) is 14.8. The molecule has 0 aliphatic rings. The fourth-order valence-corrected chi connectivity index (χ4v) is 3.48. The fourth-order valence-electron chi connectivity index (χ4n) is 2.24. The number of nitrogens with two attached hydrogens (primary N) is 1. The van der Waals surface area contributed by atoms with Crippen molar-refractivity contribution in [2.75, 3.05) is 12.8 Å². The number of hydrogen-bond acceptors (Lipinski definition) is 5. The van der Waals surface area contributed by atoms with Crippen molar-refractivity contribution in [3.05, 3.63) is 51.6 Å². The number of fused-ring (bicyclic) bond motifs is 1. The van der Waals surface area contributed by atoms with Crippen LogP contribution in [0.1, 0.15) is 11.4 Å². The molecular formula is C15H15BrN4S. The van der Waals surface area contributed by atoms with Crippen LogP contribution >= 0.6 is 27.3 Å². The minimum atomic E-state index is 0.562. The molecule has 2 aromatic heterocycles. The van der Waals surface area contributed by atoms with Crippen LogP contribution < -0.4 is 5.73 Å². The third-order valence-electron chi connectivity index (χ3n) is 3.15. The van der Waals surface area contributed by atoms with Crippen LogP contribution in [-0.4, -0.2) is 21.9 Å². The first kappa shape index (κ1) is 14.4. The summed E-state index contributed by atoms with van der Waals surface area (Å²) in [6.45, 7) is 1.51. The number of nitrogen functional groups attached to an aromatic ring is 1. The highest BCUT2D eigenvalue weighted by Crippen LogP contribution is 2.23.